The standard InChI is InChI=1S/C17H13ClF2N2O2/c1-10(23)21-15-9-16(14(20)8-13(15)19)22-17(24)6-5-11-3-2-4-12(18)7-11/h2-9H,1H3,(H,21,23)(H,22,24)/b6-5+. The maximum Gasteiger partial charge on any atom is 0.248 e. The highest BCUT2D eigenvalue weighted by Crippen LogP contribution is 2.23. The van der Waals surface area contributed by atoms with Crippen molar-refractivity contribution in [2.45, 2.75) is 6.92 Å². The molecule has 0 unspecified atom stereocenters. The van der Waals surface area contributed by atoms with E-state index in [1.807, 2.05) is 0 Å². The zero-order valence-electron chi connectivity index (χ0n) is 12.6. The third-order valence-electron chi connectivity index (χ3n) is 2.90. The number of hydrogen-bond acceptors (Lipinski definition) is 2. The molecule has 2 amide bonds. The zero-order chi connectivity index (χ0) is 17.7. The van der Waals surface area contributed by atoms with Crippen molar-refractivity contribution in [3.05, 3.63) is 64.7 Å². The molecule has 0 radical (unpaired) electrons. The van der Waals surface area contributed by atoms with Crippen LogP contribution in [0.15, 0.2) is 42.5 Å². The number of nitrogens with one attached hydrogen (secondary N) is 2. The van der Waals surface area contributed by atoms with E-state index in [9.17, 15) is 18.4 Å². The molecule has 2 aromatic rings. The lowest BCUT2D eigenvalue weighted by Gasteiger charge is -2.09. The molecule has 0 atom stereocenters. The first-order valence-corrected chi connectivity index (χ1v) is 7.24. The summed E-state index contributed by atoms with van der Waals surface area (Å²) < 4.78 is 27.3. The summed E-state index contributed by atoms with van der Waals surface area (Å²) in [6.07, 6.45) is 2.68. The van der Waals surface area contributed by atoms with E-state index in [4.69, 9.17) is 11.6 Å². The van der Waals surface area contributed by atoms with Crippen molar-refractivity contribution < 1.29 is 18.4 Å². The summed E-state index contributed by atoms with van der Waals surface area (Å²) in [6.45, 7) is 1.19. The Kier molecular flexibility index (Phi) is 5.65. The lowest BCUT2D eigenvalue weighted by molar-refractivity contribution is -0.114. The molecular weight excluding hydrogens is 338 g/mol. The van der Waals surface area contributed by atoms with Crippen molar-refractivity contribution in [1.82, 2.24) is 0 Å². The van der Waals surface area contributed by atoms with Gasteiger partial charge in [-0.1, -0.05) is 23.7 Å². The molecule has 0 saturated carbocycles. The van der Waals surface area contributed by atoms with Crippen molar-refractivity contribution in [2.75, 3.05) is 10.6 Å². The predicted molar refractivity (Wildman–Crippen MR) is 89.8 cm³/mol. The molecule has 0 fully saturated rings. The van der Waals surface area contributed by atoms with Crippen LogP contribution in [-0.4, -0.2) is 11.8 Å². The summed E-state index contributed by atoms with van der Waals surface area (Å²) in [5.74, 6) is -3.02. The average molecular weight is 351 g/mol. The van der Waals surface area contributed by atoms with E-state index in [0.717, 1.165) is 6.07 Å². The Balaban J connectivity index is 2.15. The number of carbonyl (C=O) groups excluding carboxylic acids is 2. The second-order valence-electron chi connectivity index (χ2n) is 4.87. The zero-order valence-corrected chi connectivity index (χ0v) is 13.3. The van der Waals surface area contributed by atoms with Gasteiger partial charge in [-0.15, -0.1) is 0 Å². The van der Waals surface area contributed by atoms with Gasteiger partial charge < -0.3 is 10.6 Å². The molecule has 0 bridgehead atoms. The van der Waals surface area contributed by atoms with Crippen LogP contribution in [0.1, 0.15) is 12.5 Å². The van der Waals surface area contributed by atoms with Crippen LogP contribution in [-0.2, 0) is 9.59 Å². The third-order valence-corrected chi connectivity index (χ3v) is 3.14. The average Bonchev–Trinajstić information content (AvgIpc) is 2.49. The Morgan fingerprint density at radius 1 is 1.04 bits per heavy atom. The van der Waals surface area contributed by atoms with Crippen LogP contribution in [0.4, 0.5) is 20.2 Å². The molecule has 4 nitrogen and oxygen atoms in total. The molecule has 0 aromatic heterocycles. The monoisotopic (exact) mass is 350 g/mol. The number of rotatable bonds is 4. The Morgan fingerprint density at radius 3 is 2.33 bits per heavy atom. The van der Waals surface area contributed by atoms with Gasteiger partial charge in [0.1, 0.15) is 11.6 Å². The quantitative estimate of drug-likeness (QED) is 0.811. The van der Waals surface area contributed by atoms with Gasteiger partial charge >= 0.3 is 0 Å². The van der Waals surface area contributed by atoms with Crippen LogP contribution < -0.4 is 10.6 Å². The normalized spacial score (nSPS) is 10.7. The van der Waals surface area contributed by atoms with E-state index in [0.29, 0.717) is 16.7 Å². The Hall–Kier alpha value is -2.73. The van der Waals surface area contributed by atoms with Gasteiger partial charge in [0.15, 0.2) is 0 Å². The van der Waals surface area contributed by atoms with Gasteiger partial charge in [-0.3, -0.25) is 9.59 Å². The van der Waals surface area contributed by atoms with E-state index >= 15 is 0 Å². The smallest absolute Gasteiger partial charge is 0.248 e. The van der Waals surface area contributed by atoms with E-state index in [1.165, 1.54) is 19.1 Å². The van der Waals surface area contributed by atoms with Gasteiger partial charge in [0, 0.05) is 24.1 Å². The van der Waals surface area contributed by atoms with E-state index < -0.39 is 23.4 Å². The maximum atomic E-state index is 13.7. The third kappa shape index (κ3) is 4.89. The first-order chi connectivity index (χ1) is 11.3. The molecule has 124 valence electrons. The summed E-state index contributed by atoms with van der Waals surface area (Å²) in [7, 11) is 0. The largest absolute Gasteiger partial charge is 0.324 e. The molecule has 2 aromatic carbocycles. The van der Waals surface area contributed by atoms with Crippen LogP contribution in [0.3, 0.4) is 0 Å². The van der Waals surface area contributed by atoms with Crippen molar-refractivity contribution in [3.63, 3.8) is 0 Å². The molecule has 24 heavy (non-hydrogen) atoms. The van der Waals surface area contributed by atoms with E-state index in [2.05, 4.69) is 10.6 Å². The highest BCUT2D eigenvalue weighted by Gasteiger charge is 2.12. The van der Waals surface area contributed by atoms with Crippen LogP contribution in [0, 0.1) is 11.6 Å². The first-order valence-electron chi connectivity index (χ1n) is 6.86. The van der Waals surface area contributed by atoms with Crippen molar-refractivity contribution in [2.24, 2.45) is 0 Å². The summed E-state index contributed by atoms with van der Waals surface area (Å²) in [6, 6.07) is 8.40. The summed E-state index contributed by atoms with van der Waals surface area (Å²) in [5, 5.41) is 5.01. The SMILES string of the molecule is CC(=O)Nc1cc(NC(=O)/C=C/c2cccc(Cl)c2)c(F)cc1F. The summed E-state index contributed by atoms with van der Waals surface area (Å²) in [4.78, 5) is 22.9. The predicted octanol–water partition coefficient (Wildman–Crippen LogP) is 4.23. The highest BCUT2D eigenvalue weighted by atomic mass is 35.5. The highest BCUT2D eigenvalue weighted by molar-refractivity contribution is 6.30. The van der Waals surface area contributed by atoms with E-state index in [-0.39, 0.29) is 11.4 Å². The van der Waals surface area contributed by atoms with Gasteiger partial charge in [0.05, 0.1) is 11.4 Å². The number of halogens is 3. The Bertz CT molecular complexity index is 822. The Labute approximate surface area is 142 Å². The minimum atomic E-state index is -0.953. The fourth-order valence-electron chi connectivity index (χ4n) is 1.89. The first kappa shape index (κ1) is 17.6. The molecular formula is C17H13ClF2N2O2. The minimum Gasteiger partial charge on any atom is -0.324 e. The van der Waals surface area contributed by atoms with E-state index in [1.54, 1.807) is 24.3 Å². The number of anilines is 2. The molecule has 0 aliphatic rings. The van der Waals surface area contributed by atoms with Crippen molar-refractivity contribution in [1.29, 1.82) is 0 Å². The lowest BCUT2D eigenvalue weighted by Crippen LogP contribution is -2.12. The van der Waals surface area contributed by atoms with Crippen LogP contribution in [0.25, 0.3) is 6.08 Å². The lowest BCUT2D eigenvalue weighted by atomic mass is 10.2. The molecule has 0 spiro atoms. The molecule has 0 aliphatic carbocycles. The van der Waals surface area contributed by atoms with Crippen LogP contribution in [0.5, 0.6) is 0 Å². The Morgan fingerprint density at radius 2 is 1.71 bits per heavy atom. The molecule has 2 rings (SSSR count). The van der Waals surface area contributed by atoms with Gasteiger partial charge in [-0.2, -0.15) is 0 Å². The maximum absolute atomic E-state index is 13.7. The number of carbonyl (C=O) groups is 2. The van der Waals surface area contributed by atoms with Gasteiger partial charge in [0.25, 0.3) is 0 Å². The second kappa shape index (κ2) is 7.70. The molecule has 7 heteroatoms. The fourth-order valence-corrected chi connectivity index (χ4v) is 2.09. The van der Waals surface area contributed by atoms with Crippen molar-refractivity contribution >= 4 is 40.9 Å². The molecule has 0 aliphatic heterocycles. The fraction of sp³-hybridized carbons (Fsp3) is 0.0588. The number of hydrogen-bond donors (Lipinski definition) is 2. The van der Waals surface area contributed by atoms with Crippen LogP contribution in [0.2, 0.25) is 5.02 Å². The minimum absolute atomic E-state index is 0.224. The molecule has 0 saturated heterocycles. The molecule has 2 N–H and O–H groups in total. The van der Waals surface area contributed by atoms with Crippen molar-refractivity contribution in [3.8, 4) is 0 Å². The molecule has 0 heterocycles. The number of amides is 2. The second-order valence-corrected chi connectivity index (χ2v) is 5.31. The van der Waals surface area contributed by atoms with Crippen LogP contribution >= 0.6 is 11.6 Å². The van der Waals surface area contributed by atoms with Gasteiger partial charge in [-0.25, -0.2) is 8.78 Å². The van der Waals surface area contributed by atoms with Gasteiger partial charge in [-0.05, 0) is 29.8 Å². The summed E-state index contributed by atoms with van der Waals surface area (Å²) >= 11 is 5.83. The number of benzene rings is 2. The van der Waals surface area contributed by atoms with Gasteiger partial charge in [0.2, 0.25) is 11.8 Å². The summed E-state index contributed by atoms with van der Waals surface area (Å²) in [5.41, 5.74) is 0.218. The topological polar surface area (TPSA) is 58.2 Å².